The van der Waals surface area contributed by atoms with Gasteiger partial charge in [0.15, 0.2) is 0 Å². The van der Waals surface area contributed by atoms with Crippen molar-refractivity contribution in [3.8, 4) is 0 Å². The quantitative estimate of drug-likeness (QED) is 0.435. The summed E-state index contributed by atoms with van der Waals surface area (Å²) in [5.41, 5.74) is 1.47. The maximum absolute atomic E-state index is 3.09. The molecule has 1 rings (SSSR count). The molecule has 1 aromatic carbocycles. The van der Waals surface area contributed by atoms with E-state index in [9.17, 15) is 0 Å². The van der Waals surface area contributed by atoms with Gasteiger partial charge in [0.05, 0.1) is 0 Å². The first-order chi connectivity index (χ1) is 8.84. The molecule has 0 heterocycles. The second-order valence-electron chi connectivity index (χ2n) is 5.50. The van der Waals surface area contributed by atoms with Gasteiger partial charge in [0, 0.05) is 0 Å². The standard InChI is InChI=1S/C18H29/c1-3-4-5-6-7-8-9-11-14-17(2)18-15-12-10-13-16-18/h12-13,15-17H,3-9,11,14H2,1-2H3. The van der Waals surface area contributed by atoms with E-state index < -0.39 is 0 Å². The molecule has 1 aromatic rings. The van der Waals surface area contributed by atoms with E-state index in [1.807, 2.05) is 12.1 Å². The maximum Gasteiger partial charge on any atom is -0.0184 e. The molecule has 0 amide bonds. The molecule has 1 radical (unpaired) electrons. The van der Waals surface area contributed by atoms with Crippen LogP contribution < -0.4 is 0 Å². The minimum absolute atomic E-state index is 0.708. The fourth-order valence-electron chi connectivity index (χ4n) is 2.48. The summed E-state index contributed by atoms with van der Waals surface area (Å²) in [6.07, 6.45) is 12.6. The summed E-state index contributed by atoms with van der Waals surface area (Å²) in [6.45, 7) is 4.62. The summed E-state index contributed by atoms with van der Waals surface area (Å²) in [5.74, 6) is 0.708. The smallest absolute Gasteiger partial charge is 0.0184 e. The summed E-state index contributed by atoms with van der Waals surface area (Å²) < 4.78 is 0. The molecule has 0 spiro atoms. The summed E-state index contributed by atoms with van der Waals surface area (Å²) in [7, 11) is 0. The molecular formula is C18H29. The topological polar surface area (TPSA) is 0 Å². The molecule has 0 bridgehead atoms. The molecule has 0 saturated heterocycles. The number of unbranched alkanes of at least 4 members (excludes halogenated alkanes) is 7. The molecule has 0 heteroatoms. The molecule has 0 saturated carbocycles. The molecule has 0 aromatic heterocycles. The minimum atomic E-state index is 0.708. The molecule has 1 unspecified atom stereocenters. The van der Waals surface area contributed by atoms with Crippen LogP contribution in [0.1, 0.15) is 83.1 Å². The van der Waals surface area contributed by atoms with Crippen molar-refractivity contribution in [3.63, 3.8) is 0 Å². The molecule has 0 nitrogen and oxygen atoms in total. The second kappa shape index (κ2) is 10.2. The SMILES string of the molecule is CCCCCCCCCCC(C)c1cc[c]cc1. The van der Waals surface area contributed by atoms with Crippen LogP contribution in [0, 0.1) is 6.07 Å². The summed E-state index contributed by atoms with van der Waals surface area (Å²) in [5, 5.41) is 0. The number of rotatable bonds is 10. The van der Waals surface area contributed by atoms with Crippen LogP contribution in [-0.4, -0.2) is 0 Å². The van der Waals surface area contributed by atoms with E-state index in [2.05, 4.69) is 32.0 Å². The Balaban J connectivity index is 1.98. The van der Waals surface area contributed by atoms with Crippen molar-refractivity contribution in [1.29, 1.82) is 0 Å². The number of hydrogen-bond acceptors (Lipinski definition) is 0. The fraction of sp³-hybridized carbons (Fsp3) is 0.667. The largest absolute Gasteiger partial charge is 0.0654 e. The predicted molar refractivity (Wildman–Crippen MR) is 80.9 cm³/mol. The van der Waals surface area contributed by atoms with Gasteiger partial charge in [-0.1, -0.05) is 89.5 Å². The van der Waals surface area contributed by atoms with Crippen LogP contribution >= 0.6 is 0 Å². The molecule has 0 aliphatic rings. The predicted octanol–water partition coefficient (Wildman–Crippen LogP) is 6.12. The minimum Gasteiger partial charge on any atom is -0.0654 e. The Morgan fingerprint density at radius 1 is 0.889 bits per heavy atom. The van der Waals surface area contributed by atoms with E-state index in [-0.39, 0.29) is 0 Å². The molecular weight excluding hydrogens is 216 g/mol. The third kappa shape index (κ3) is 6.83. The van der Waals surface area contributed by atoms with E-state index in [1.165, 1.54) is 63.4 Å². The lowest BCUT2D eigenvalue weighted by Crippen LogP contribution is -1.93. The summed E-state index contributed by atoms with van der Waals surface area (Å²) in [4.78, 5) is 0. The van der Waals surface area contributed by atoms with Crippen molar-refractivity contribution in [3.05, 3.63) is 35.9 Å². The molecule has 0 N–H and O–H groups in total. The Morgan fingerprint density at radius 3 is 2.06 bits per heavy atom. The van der Waals surface area contributed by atoms with Crippen LogP contribution in [0.2, 0.25) is 0 Å². The Bertz CT molecular complexity index is 275. The van der Waals surface area contributed by atoms with Crippen LogP contribution in [0.5, 0.6) is 0 Å². The average Bonchev–Trinajstić information content (AvgIpc) is 2.42. The Morgan fingerprint density at radius 2 is 1.44 bits per heavy atom. The summed E-state index contributed by atoms with van der Waals surface area (Å²) >= 11 is 0. The number of hydrogen-bond donors (Lipinski definition) is 0. The van der Waals surface area contributed by atoms with Crippen molar-refractivity contribution < 1.29 is 0 Å². The highest BCUT2D eigenvalue weighted by Crippen LogP contribution is 2.21. The second-order valence-corrected chi connectivity index (χ2v) is 5.50. The average molecular weight is 245 g/mol. The van der Waals surface area contributed by atoms with Gasteiger partial charge in [0.1, 0.15) is 0 Å². The van der Waals surface area contributed by atoms with Gasteiger partial charge < -0.3 is 0 Å². The van der Waals surface area contributed by atoms with Crippen molar-refractivity contribution >= 4 is 0 Å². The van der Waals surface area contributed by atoms with E-state index in [1.54, 1.807) is 0 Å². The highest BCUT2D eigenvalue weighted by molar-refractivity contribution is 5.17. The van der Waals surface area contributed by atoms with Crippen LogP contribution in [0.15, 0.2) is 24.3 Å². The molecule has 18 heavy (non-hydrogen) atoms. The van der Waals surface area contributed by atoms with Crippen LogP contribution in [0.25, 0.3) is 0 Å². The zero-order valence-electron chi connectivity index (χ0n) is 12.3. The van der Waals surface area contributed by atoms with E-state index >= 15 is 0 Å². The monoisotopic (exact) mass is 245 g/mol. The summed E-state index contributed by atoms with van der Waals surface area (Å²) in [6, 6.07) is 11.6. The van der Waals surface area contributed by atoms with Crippen LogP contribution in [0.4, 0.5) is 0 Å². The molecule has 0 fully saturated rings. The van der Waals surface area contributed by atoms with E-state index in [0.29, 0.717) is 5.92 Å². The van der Waals surface area contributed by atoms with Crippen molar-refractivity contribution in [1.82, 2.24) is 0 Å². The van der Waals surface area contributed by atoms with Gasteiger partial charge in [0.2, 0.25) is 0 Å². The lowest BCUT2D eigenvalue weighted by molar-refractivity contribution is 0.543. The molecule has 101 valence electrons. The first kappa shape index (κ1) is 15.3. The Hall–Kier alpha value is -0.780. The van der Waals surface area contributed by atoms with Crippen molar-refractivity contribution in [2.75, 3.05) is 0 Å². The van der Waals surface area contributed by atoms with Crippen LogP contribution in [-0.2, 0) is 0 Å². The fourth-order valence-corrected chi connectivity index (χ4v) is 2.48. The highest BCUT2D eigenvalue weighted by Gasteiger charge is 2.03. The maximum atomic E-state index is 3.09. The van der Waals surface area contributed by atoms with Crippen molar-refractivity contribution in [2.45, 2.75) is 77.6 Å². The van der Waals surface area contributed by atoms with Crippen molar-refractivity contribution in [2.24, 2.45) is 0 Å². The third-order valence-corrected chi connectivity index (χ3v) is 3.80. The number of benzene rings is 1. The molecule has 1 atom stereocenters. The van der Waals surface area contributed by atoms with E-state index in [4.69, 9.17) is 0 Å². The van der Waals surface area contributed by atoms with Gasteiger partial charge in [-0.25, -0.2) is 0 Å². The van der Waals surface area contributed by atoms with Crippen LogP contribution in [0.3, 0.4) is 0 Å². The first-order valence-corrected chi connectivity index (χ1v) is 7.80. The zero-order valence-corrected chi connectivity index (χ0v) is 12.3. The van der Waals surface area contributed by atoms with E-state index in [0.717, 1.165) is 0 Å². The van der Waals surface area contributed by atoms with Gasteiger partial charge in [0.25, 0.3) is 0 Å². The lowest BCUT2D eigenvalue weighted by Gasteiger charge is -2.11. The zero-order chi connectivity index (χ0) is 13.1. The molecule has 0 aliphatic carbocycles. The van der Waals surface area contributed by atoms with Gasteiger partial charge in [-0.3, -0.25) is 0 Å². The van der Waals surface area contributed by atoms with Gasteiger partial charge in [-0.05, 0) is 24.0 Å². The normalized spacial score (nSPS) is 12.6. The first-order valence-electron chi connectivity index (χ1n) is 7.80. The Kier molecular flexibility index (Phi) is 8.63. The van der Waals surface area contributed by atoms with Gasteiger partial charge >= 0.3 is 0 Å². The molecule has 0 aliphatic heterocycles. The highest BCUT2D eigenvalue weighted by atomic mass is 14.1. The lowest BCUT2D eigenvalue weighted by atomic mass is 9.95. The Labute approximate surface area is 114 Å². The van der Waals surface area contributed by atoms with Gasteiger partial charge in [-0.15, -0.1) is 0 Å². The third-order valence-electron chi connectivity index (χ3n) is 3.80. The van der Waals surface area contributed by atoms with Gasteiger partial charge in [-0.2, -0.15) is 0 Å².